The molecule has 0 fully saturated rings. The van der Waals surface area contributed by atoms with Gasteiger partial charge in [-0.3, -0.25) is 0 Å². The quantitative estimate of drug-likeness (QED) is 0.378. The molecule has 0 amide bonds. The summed E-state index contributed by atoms with van der Waals surface area (Å²) in [6.45, 7) is 7.90. The molecule has 0 saturated carbocycles. The maximum absolute atomic E-state index is 13.0. The molecular weight excluding hydrogens is 462 g/mol. The van der Waals surface area contributed by atoms with Gasteiger partial charge in [0.25, 0.3) is 0 Å². The van der Waals surface area contributed by atoms with Crippen molar-refractivity contribution in [2.75, 3.05) is 25.0 Å². The second-order valence-corrected chi connectivity index (χ2v) is 10.5. The number of aryl methyl sites for hydroxylation is 1. The Kier molecular flexibility index (Phi) is 9.21. The third-order valence-corrected chi connectivity index (χ3v) is 8.22. The molecule has 180 valence electrons. The van der Waals surface area contributed by atoms with E-state index in [-0.39, 0.29) is 4.90 Å². The van der Waals surface area contributed by atoms with Gasteiger partial charge in [-0.25, -0.2) is 8.42 Å². The van der Waals surface area contributed by atoms with Crippen molar-refractivity contribution in [3.63, 3.8) is 0 Å². The van der Waals surface area contributed by atoms with Crippen LogP contribution in [0.3, 0.4) is 0 Å². The molecule has 5 nitrogen and oxygen atoms in total. The predicted molar refractivity (Wildman–Crippen MR) is 145 cm³/mol. The van der Waals surface area contributed by atoms with Crippen LogP contribution in [0, 0.1) is 6.92 Å². The highest BCUT2D eigenvalue weighted by molar-refractivity contribution is 7.89. The van der Waals surface area contributed by atoms with Gasteiger partial charge >= 0.3 is 0 Å². The zero-order chi connectivity index (χ0) is 24.6. The molecule has 0 saturated heterocycles. The van der Waals surface area contributed by atoms with Crippen LogP contribution in [0.1, 0.15) is 30.5 Å². The summed E-state index contributed by atoms with van der Waals surface area (Å²) in [5.74, 6) is 0. The van der Waals surface area contributed by atoms with Gasteiger partial charge in [-0.05, 0) is 54.4 Å². The number of hydrogen-bond acceptors (Lipinski definition) is 3. The molecule has 1 N–H and O–H groups in total. The number of sulfonamides is 1. The van der Waals surface area contributed by atoms with E-state index < -0.39 is 10.0 Å². The molecule has 0 spiro atoms. The van der Waals surface area contributed by atoms with Gasteiger partial charge in [0.2, 0.25) is 10.0 Å². The summed E-state index contributed by atoms with van der Waals surface area (Å²) in [5.41, 5.74) is 4.04. The molecule has 0 unspecified atom stereocenters. The van der Waals surface area contributed by atoms with E-state index in [1.54, 1.807) is 12.1 Å². The van der Waals surface area contributed by atoms with Crippen LogP contribution in [0.25, 0.3) is 0 Å². The van der Waals surface area contributed by atoms with Gasteiger partial charge in [-0.15, -0.1) is 0 Å². The van der Waals surface area contributed by atoms with Crippen LogP contribution >= 0.6 is 12.2 Å². The summed E-state index contributed by atoms with van der Waals surface area (Å²) in [7, 11) is -3.55. The van der Waals surface area contributed by atoms with E-state index in [9.17, 15) is 8.42 Å². The largest absolute Gasteiger partial charge is 0.344 e. The first kappa shape index (κ1) is 25.9. The van der Waals surface area contributed by atoms with Crippen LogP contribution in [0.15, 0.2) is 83.8 Å². The Hall–Kier alpha value is -2.74. The Morgan fingerprint density at radius 3 is 2.06 bits per heavy atom. The molecule has 0 aliphatic rings. The van der Waals surface area contributed by atoms with Crippen LogP contribution in [-0.4, -0.2) is 42.4 Å². The van der Waals surface area contributed by atoms with E-state index in [1.807, 2.05) is 63.2 Å². The number of nitrogens with zero attached hydrogens (tertiary/aromatic N) is 2. The summed E-state index contributed by atoms with van der Waals surface area (Å²) in [6, 6.07) is 25.7. The number of thiocarbonyl (C=S) groups is 1. The molecule has 0 aliphatic heterocycles. The number of anilines is 1. The zero-order valence-corrected chi connectivity index (χ0v) is 21.7. The summed E-state index contributed by atoms with van der Waals surface area (Å²) >= 11 is 5.82. The average molecular weight is 496 g/mol. The summed E-state index contributed by atoms with van der Waals surface area (Å²) in [5, 5.41) is 3.90. The van der Waals surface area contributed by atoms with E-state index in [1.165, 1.54) is 9.87 Å². The van der Waals surface area contributed by atoms with Crippen molar-refractivity contribution in [1.29, 1.82) is 0 Å². The fourth-order valence-electron chi connectivity index (χ4n) is 3.77. The van der Waals surface area contributed by atoms with E-state index in [4.69, 9.17) is 12.2 Å². The Morgan fingerprint density at radius 2 is 1.47 bits per heavy atom. The highest BCUT2D eigenvalue weighted by atomic mass is 32.2. The van der Waals surface area contributed by atoms with Gasteiger partial charge < -0.3 is 10.2 Å². The predicted octanol–water partition coefficient (Wildman–Crippen LogP) is 5.47. The summed E-state index contributed by atoms with van der Waals surface area (Å²) in [6.07, 6.45) is 0.852. The van der Waals surface area contributed by atoms with Crippen molar-refractivity contribution in [3.8, 4) is 0 Å². The molecule has 0 atom stereocenters. The van der Waals surface area contributed by atoms with Gasteiger partial charge in [0.05, 0.1) is 4.90 Å². The molecule has 3 rings (SSSR count). The minimum atomic E-state index is -3.55. The second kappa shape index (κ2) is 12.1. The third-order valence-electron chi connectivity index (χ3n) is 5.81. The van der Waals surface area contributed by atoms with Crippen LogP contribution in [0.2, 0.25) is 0 Å². The minimum Gasteiger partial charge on any atom is -0.344 e. The highest BCUT2D eigenvalue weighted by Gasteiger charge is 2.22. The molecule has 3 aromatic rings. The number of rotatable bonds is 10. The van der Waals surface area contributed by atoms with Gasteiger partial charge in [-0.2, -0.15) is 4.31 Å². The molecule has 34 heavy (non-hydrogen) atoms. The second-order valence-electron chi connectivity index (χ2n) is 8.14. The molecule has 0 radical (unpaired) electrons. The Balaban J connectivity index is 1.83. The fraction of sp³-hybridized carbons (Fsp3) is 0.296. The van der Waals surface area contributed by atoms with Gasteiger partial charge in [0.15, 0.2) is 5.11 Å². The first-order valence-electron chi connectivity index (χ1n) is 11.6. The maximum atomic E-state index is 13.0. The minimum absolute atomic E-state index is 0.269. The lowest BCUT2D eigenvalue weighted by molar-refractivity contribution is 0.423. The lowest BCUT2D eigenvalue weighted by Gasteiger charge is -2.27. The van der Waals surface area contributed by atoms with Gasteiger partial charge in [0, 0.05) is 31.9 Å². The van der Waals surface area contributed by atoms with Crippen molar-refractivity contribution in [2.24, 2.45) is 0 Å². The Morgan fingerprint density at radius 1 is 0.882 bits per heavy atom. The Bertz CT molecular complexity index is 1180. The first-order valence-corrected chi connectivity index (χ1v) is 13.4. The highest BCUT2D eigenvalue weighted by Crippen LogP contribution is 2.24. The maximum Gasteiger partial charge on any atom is 0.243 e. The van der Waals surface area contributed by atoms with Crippen molar-refractivity contribution in [2.45, 2.75) is 38.6 Å². The smallest absolute Gasteiger partial charge is 0.243 e. The lowest BCUT2D eigenvalue weighted by atomic mass is 10.1. The lowest BCUT2D eigenvalue weighted by Crippen LogP contribution is -2.36. The summed E-state index contributed by atoms with van der Waals surface area (Å²) in [4.78, 5) is 2.40. The monoisotopic (exact) mass is 495 g/mol. The molecule has 0 aromatic heterocycles. The van der Waals surface area contributed by atoms with Crippen molar-refractivity contribution < 1.29 is 8.42 Å². The number of nitrogens with one attached hydrogen (secondary N) is 1. The summed E-state index contributed by atoms with van der Waals surface area (Å²) < 4.78 is 27.5. The molecule has 7 heteroatoms. The van der Waals surface area contributed by atoms with Crippen molar-refractivity contribution in [3.05, 3.63) is 95.6 Å². The number of hydrogen-bond donors (Lipinski definition) is 1. The van der Waals surface area contributed by atoms with Crippen molar-refractivity contribution >= 4 is 33.0 Å². The SMILES string of the molecule is CCN(CC)S(=O)(=O)c1ccc(C)c(NC(=S)N(CCc2ccccc2)Cc2ccccc2)c1. The number of benzene rings is 3. The van der Waals surface area contributed by atoms with E-state index in [2.05, 4.69) is 34.5 Å². The third kappa shape index (κ3) is 6.65. The topological polar surface area (TPSA) is 52.7 Å². The van der Waals surface area contributed by atoms with E-state index in [0.29, 0.717) is 30.4 Å². The standard InChI is InChI=1S/C27H33N3O2S2/c1-4-30(5-2)34(31,32)25-17-16-22(3)26(20-25)28-27(33)29(21-24-14-10-7-11-15-24)19-18-23-12-8-6-9-13-23/h6-17,20H,4-5,18-19,21H2,1-3H3,(H,28,33). The van der Waals surface area contributed by atoms with Crippen LogP contribution < -0.4 is 5.32 Å². The van der Waals surface area contributed by atoms with Crippen LogP contribution in [0.5, 0.6) is 0 Å². The van der Waals surface area contributed by atoms with Crippen LogP contribution in [0.4, 0.5) is 5.69 Å². The zero-order valence-electron chi connectivity index (χ0n) is 20.1. The molecule has 0 aliphatic carbocycles. The molecule has 0 bridgehead atoms. The van der Waals surface area contributed by atoms with E-state index in [0.717, 1.165) is 24.1 Å². The van der Waals surface area contributed by atoms with Gasteiger partial charge in [0.1, 0.15) is 0 Å². The van der Waals surface area contributed by atoms with Crippen LogP contribution in [-0.2, 0) is 23.0 Å². The van der Waals surface area contributed by atoms with Gasteiger partial charge in [-0.1, -0.05) is 80.6 Å². The fourth-order valence-corrected chi connectivity index (χ4v) is 5.52. The van der Waals surface area contributed by atoms with E-state index >= 15 is 0 Å². The Labute approximate surface area is 209 Å². The molecular formula is C27H33N3O2S2. The normalized spacial score (nSPS) is 11.4. The van der Waals surface area contributed by atoms with Crippen molar-refractivity contribution in [1.82, 2.24) is 9.21 Å². The molecule has 3 aromatic carbocycles. The first-order chi connectivity index (χ1) is 16.3. The average Bonchev–Trinajstić information content (AvgIpc) is 2.84. The molecule has 0 heterocycles.